The summed E-state index contributed by atoms with van der Waals surface area (Å²) < 4.78 is 0. The first-order valence-electron chi connectivity index (χ1n) is 9.34. The number of hydrogen-bond donors (Lipinski definition) is 1. The highest BCUT2D eigenvalue weighted by Gasteiger charge is 2.49. The highest BCUT2D eigenvalue weighted by molar-refractivity contribution is 6.09. The molecule has 0 aromatic heterocycles. The normalized spacial score (nSPS) is 19.5. The van der Waals surface area contributed by atoms with Crippen LogP contribution in [0.25, 0.3) is 10.8 Å². The number of carbonyl (C=O) groups is 2. The van der Waals surface area contributed by atoms with E-state index in [1.165, 1.54) is 4.90 Å². The maximum atomic E-state index is 13.3. The van der Waals surface area contributed by atoms with Crippen LogP contribution in [-0.4, -0.2) is 35.5 Å². The molecule has 0 aliphatic carbocycles. The van der Waals surface area contributed by atoms with Crippen LogP contribution >= 0.6 is 0 Å². The zero-order valence-corrected chi connectivity index (χ0v) is 16.1. The van der Waals surface area contributed by atoms with Crippen LogP contribution in [0.15, 0.2) is 72.8 Å². The Hall–Kier alpha value is -3.18. The van der Waals surface area contributed by atoms with Gasteiger partial charge in [-0.15, -0.1) is 0 Å². The largest absolute Gasteiger partial charge is 0.326 e. The summed E-state index contributed by atoms with van der Waals surface area (Å²) >= 11 is 0. The van der Waals surface area contributed by atoms with Crippen LogP contribution in [0.5, 0.6) is 0 Å². The van der Waals surface area contributed by atoms with E-state index in [4.69, 9.17) is 0 Å². The van der Waals surface area contributed by atoms with Crippen LogP contribution in [0.2, 0.25) is 0 Å². The molecule has 1 heterocycles. The summed E-state index contributed by atoms with van der Waals surface area (Å²) in [7, 11) is 1.90. The van der Waals surface area contributed by atoms with E-state index >= 15 is 0 Å². The molecule has 1 fully saturated rings. The molecule has 5 nitrogen and oxygen atoms in total. The molecule has 3 amide bonds. The van der Waals surface area contributed by atoms with Crippen molar-refractivity contribution in [3.05, 3.63) is 83.9 Å². The number of rotatable bonds is 5. The van der Waals surface area contributed by atoms with Gasteiger partial charge in [-0.05, 0) is 35.9 Å². The predicted molar refractivity (Wildman–Crippen MR) is 109 cm³/mol. The van der Waals surface area contributed by atoms with Gasteiger partial charge in [-0.2, -0.15) is 0 Å². The molecule has 3 aromatic rings. The third-order valence-corrected chi connectivity index (χ3v) is 5.28. The minimum Gasteiger partial charge on any atom is -0.319 e. The van der Waals surface area contributed by atoms with E-state index in [9.17, 15) is 9.59 Å². The number of urea groups is 1. The Kier molecular flexibility index (Phi) is 4.61. The quantitative estimate of drug-likeness (QED) is 0.694. The lowest BCUT2D eigenvalue weighted by Gasteiger charge is -2.25. The zero-order chi connectivity index (χ0) is 19.7. The molecule has 142 valence electrons. The third-order valence-electron chi connectivity index (χ3n) is 5.28. The Morgan fingerprint density at radius 1 is 0.929 bits per heavy atom. The molecule has 1 aliphatic rings. The Balaban J connectivity index is 1.59. The first-order valence-corrected chi connectivity index (χ1v) is 9.34. The molecule has 0 bridgehead atoms. The summed E-state index contributed by atoms with van der Waals surface area (Å²) in [5.41, 5.74) is 0.872. The number of nitrogens with zero attached hydrogens (tertiary/aromatic N) is 2. The van der Waals surface area contributed by atoms with Gasteiger partial charge in [-0.1, -0.05) is 72.8 Å². The molecule has 3 aromatic carbocycles. The third kappa shape index (κ3) is 3.14. The van der Waals surface area contributed by atoms with Crippen LogP contribution in [0.4, 0.5) is 4.79 Å². The van der Waals surface area contributed by atoms with E-state index in [2.05, 4.69) is 5.32 Å². The van der Waals surface area contributed by atoms with Gasteiger partial charge in [0.15, 0.2) is 0 Å². The van der Waals surface area contributed by atoms with Gasteiger partial charge in [-0.3, -0.25) is 9.69 Å². The van der Waals surface area contributed by atoms with E-state index < -0.39 is 5.54 Å². The Labute approximate surface area is 164 Å². The second-order valence-corrected chi connectivity index (χ2v) is 7.46. The standard InChI is InChI=1S/C23H23N3O2/c1-23(20-14-8-12-18-11-6-7-13-19(18)20)21(27)26(22(28)24-23)16-25(2)15-17-9-4-3-5-10-17/h3-14H,15-16H2,1-2H3,(H,24,28)/t23-/m0/s1. The van der Waals surface area contributed by atoms with E-state index in [1.54, 1.807) is 6.92 Å². The molecular weight excluding hydrogens is 350 g/mol. The number of hydrogen-bond acceptors (Lipinski definition) is 3. The van der Waals surface area contributed by atoms with Crippen molar-refractivity contribution in [2.24, 2.45) is 0 Å². The van der Waals surface area contributed by atoms with Crippen molar-refractivity contribution >= 4 is 22.7 Å². The minimum absolute atomic E-state index is 0.228. The molecule has 1 N–H and O–H groups in total. The fourth-order valence-corrected chi connectivity index (χ4v) is 3.86. The highest BCUT2D eigenvalue weighted by atomic mass is 16.2. The summed E-state index contributed by atoms with van der Waals surface area (Å²) in [4.78, 5) is 29.2. The number of fused-ring (bicyclic) bond motifs is 1. The highest BCUT2D eigenvalue weighted by Crippen LogP contribution is 2.33. The molecule has 0 spiro atoms. The molecule has 1 aliphatic heterocycles. The molecule has 5 heteroatoms. The van der Waals surface area contributed by atoms with E-state index in [0.717, 1.165) is 21.9 Å². The molecular formula is C23H23N3O2. The van der Waals surface area contributed by atoms with Crippen LogP contribution in [0, 0.1) is 0 Å². The van der Waals surface area contributed by atoms with E-state index in [1.807, 2.05) is 84.7 Å². The van der Waals surface area contributed by atoms with Crippen LogP contribution in [-0.2, 0) is 16.9 Å². The van der Waals surface area contributed by atoms with Gasteiger partial charge in [0.25, 0.3) is 5.91 Å². The number of imide groups is 1. The maximum absolute atomic E-state index is 13.3. The summed E-state index contributed by atoms with van der Waals surface area (Å²) in [6, 6.07) is 23.4. The van der Waals surface area contributed by atoms with Crippen molar-refractivity contribution in [1.29, 1.82) is 0 Å². The van der Waals surface area contributed by atoms with Crippen molar-refractivity contribution in [2.45, 2.75) is 19.0 Å². The monoisotopic (exact) mass is 373 g/mol. The van der Waals surface area contributed by atoms with Gasteiger partial charge < -0.3 is 5.32 Å². The van der Waals surface area contributed by atoms with Gasteiger partial charge in [0, 0.05) is 6.54 Å². The molecule has 28 heavy (non-hydrogen) atoms. The fourth-order valence-electron chi connectivity index (χ4n) is 3.86. The molecule has 0 saturated carbocycles. The summed E-state index contributed by atoms with van der Waals surface area (Å²) in [5, 5.41) is 4.94. The minimum atomic E-state index is -1.08. The van der Waals surface area contributed by atoms with Crippen LogP contribution in [0.3, 0.4) is 0 Å². The van der Waals surface area contributed by atoms with Crippen LogP contribution in [0.1, 0.15) is 18.1 Å². The number of carbonyl (C=O) groups excluding carboxylic acids is 2. The maximum Gasteiger partial charge on any atom is 0.326 e. The van der Waals surface area contributed by atoms with Crippen molar-refractivity contribution in [1.82, 2.24) is 15.1 Å². The smallest absolute Gasteiger partial charge is 0.319 e. The van der Waals surface area contributed by atoms with Gasteiger partial charge in [0.05, 0.1) is 6.67 Å². The van der Waals surface area contributed by atoms with Crippen molar-refractivity contribution in [2.75, 3.05) is 13.7 Å². The SMILES string of the molecule is CN(Cc1ccccc1)CN1C(=O)N[C@@](C)(c2cccc3ccccc23)C1=O. The fraction of sp³-hybridized carbons (Fsp3) is 0.217. The second-order valence-electron chi connectivity index (χ2n) is 7.46. The van der Waals surface area contributed by atoms with Crippen molar-refractivity contribution in [3.8, 4) is 0 Å². The first-order chi connectivity index (χ1) is 13.5. The molecule has 0 unspecified atom stereocenters. The molecule has 4 rings (SSSR count). The lowest BCUT2D eigenvalue weighted by molar-refractivity contribution is -0.132. The lowest BCUT2D eigenvalue weighted by Crippen LogP contribution is -2.43. The molecule has 1 saturated heterocycles. The summed E-state index contributed by atoms with van der Waals surface area (Å²) in [6.45, 7) is 2.68. The molecule has 1 atom stereocenters. The van der Waals surface area contributed by atoms with E-state index in [-0.39, 0.29) is 18.6 Å². The molecule has 0 radical (unpaired) electrons. The average Bonchev–Trinajstić information content (AvgIpc) is 2.92. The van der Waals surface area contributed by atoms with Gasteiger partial charge in [0.2, 0.25) is 0 Å². The second kappa shape index (κ2) is 7.09. The van der Waals surface area contributed by atoms with Gasteiger partial charge >= 0.3 is 6.03 Å². The number of amides is 3. The topological polar surface area (TPSA) is 52.6 Å². The predicted octanol–water partition coefficient (Wildman–Crippen LogP) is 3.70. The van der Waals surface area contributed by atoms with Crippen molar-refractivity contribution in [3.63, 3.8) is 0 Å². The Morgan fingerprint density at radius 3 is 2.39 bits per heavy atom. The van der Waals surface area contributed by atoms with Gasteiger partial charge in [-0.25, -0.2) is 9.69 Å². The summed E-state index contributed by atoms with van der Waals surface area (Å²) in [6.07, 6.45) is 0. The first kappa shape index (κ1) is 18.2. The van der Waals surface area contributed by atoms with Crippen molar-refractivity contribution < 1.29 is 9.59 Å². The Bertz CT molecular complexity index is 1030. The lowest BCUT2D eigenvalue weighted by atomic mass is 9.88. The number of benzene rings is 3. The summed E-state index contributed by atoms with van der Waals surface area (Å²) in [5.74, 6) is -0.228. The van der Waals surface area contributed by atoms with E-state index in [0.29, 0.717) is 6.54 Å². The Morgan fingerprint density at radius 2 is 1.61 bits per heavy atom. The zero-order valence-electron chi connectivity index (χ0n) is 16.1. The van der Waals surface area contributed by atoms with Crippen LogP contribution < -0.4 is 5.32 Å². The average molecular weight is 373 g/mol. The van der Waals surface area contributed by atoms with Gasteiger partial charge in [0.1, 0.15) is 5.54 Å². The number of nitrogens with one attached hydrogen (secondary N) is 1.